The zero-order chi connectivity index (χ0) is 7.56. The third-order valence-electron chi connectivity index (χ3n) is 1.45. The normalized spacial score (nSPS) is 24.0. The molecule has 54 valence electrons. The number of hydrogen-bond donors (Lipinski definition) is 2. The van der Waals surface area contributed by atoms with E-state index >= 15 is 0 Å². The summed E-state index contributed by atoms with van der Waals surface area (Å²) in [6, 6.07) is 0. The molecule has 0 radical (unpaired) electrons. The van der Waals surface area contributed by atoms with Crippen LogP contribution < -0.4 is 5.73 Å². The van der Waals surface area contributed by atoms with Crippen molar-refractivity contribution in [3.8, 4) is 0 Å². The van der Waals surface area contributed by atoms with Crippen molar-refractivity contribution in [2.75, 3.05) is 0 Å². The van der Waals surface area contributed by atoms with E-state index in [1.165, 1.54) is 6.08 Å². The van der Waals surface area contributed by atoms with Gasteiger partial charge in [0.15, 0.2) is 0 Å². The monoisotopic (exact) mass is 139 g/mol. The quantitative estimate of drug-likeness (QED) is 0.555. The predicted molar refractivity (Wildman–Crippen MR) is 37.2 cm³/mol. The molecule has 1 unspecified atom stereocenters. The van der Waals surface area contributed by atoms with Crippen LogP contribution in [0.4, 0.5) is 0 Å². The van der Waals surface area contributed by atoms with Crippen molar-refractivity contribution < 1.29 is 9.90 Å². The van der Waals surface area contributed by atoms with Crippen LogP contribution in [0.3, 0.4) is 0 Å². The molecule has 0 saturated carbocycles. The lowest BCUT2D eigenvalue weighted by Crippen LogP contribution is -2.22. The highest BCUT2D eigenvalue weighted by atomic mass is 16.3. The third-order valence-corrected chi connectivity index (χ3v) is 1.45. The minimum absolute atomic E-state index is 0.206. The second-order valence-electron chi connectivity index (χ2n) is 2.23. The van der Waals surface area contributed by atoms with Gasteiger partial charge in [0.2, 0.25) is 5.91 Å². The summed E-state index contributed by atoms with van der Waals surface area (Å²) in [6.45, 7) is 0. The number of aliphatic hydroxyl groups is 1. The lowest BCUT2D eigenvalue weighted by atomic mass is 10.00. The Bertz CT molecular complexity index is 206. The van der Waals surface area contributed by atoms with E-state index in [0.29, 0.717) is 6.42 Å². The van der Waals surface area contributed by atoms with E-state index in [9.17, 15) is 4.79 Å². The molecule has 3 nitrogen and oxygen atoms in total. The molecule has 1 aliphatic carbocycles. The summed E-state index contributed by atoms with van der Waals surface area (Å²) in [5.41, 5.74) is 5.01. The zero-order valence-electron chi connectivity index (χ0n) is 5.45. The molecule has 0 aliphatic heterocycles. The number of amides is 1. The van der Waals surface area contributed by atoms with Gasteiger partial charge in [-0.2, -0.15) is 0 Å². The molecule has 1 rings (SSSR count). The number of primary amides is 1. The lowest BCUT2D eigenvalue weighted by Gasteiger charge is -2.08. The van der Waals surface area contributed by atoms with Gasteiger partial charge in [0.25, 0.3) is 0 Å². The fourth-order valence-corrected chi connectivity index (χ4v) is 0.820. The van der Waals surface area contributed by atoms with E-state index in [-0.39, 0.29) is 17.6 Å². The van der Waals surface area contributed by atoms with Crippen molar-refractivity contribution in [1.82, 2.24) is 0 Å². The number of rotatable bonds is 1. The number of carbonyl (C=O) groups excluding carboxylic acids is 1. The Kier molecular flexibility index (Phi) is 1.76. The summed E-state index contributed by atoms with van der Waals surface area (Å²) < 4.78 is 0. The lowest BCUT2D eigenvalue weighted by molar-refractivity contribution is -0.120. The van der Waals surface area contributed by atoms with Gasteiger partial charge in [0.1, 0.15) is 5.76 Å². The average Bonchev–Trinajstić information content (AvgIpc) is 1.88. The molecule has 0 heterocycles. The number of carbonyl (C=O) groups is 1. The molecule has 0 saturated heterocycles. The topological polar surface area (TPSA) is 63.3 Å². The smallest absolute Gasteiger partial charge is 0.224 e. The van der Waals surface area contributed by atoms with Gasteiger partial charge in [-0.15, -0.1) is 0 Å². The van der Waals surface area contributed by atoms with Crippen molar-refractivity contribution in [3.63, 3.8) is 0 Å². The molecule has 0 aromatic carbocycles. The van der Waals surface area contributed by atoms with Gasteiger partial charge in [-0.05, 0) is 18.6 Å². The molecule has 0 aromatic rings. The Balaban J connectivity index is 2.60. The largest absolute Gasteiger partial charge is 0.508 e. The predicted octanol–water partition coefficient (Wildman–Crippen LogP) is 0.490. The molecular weight excluding hydrogens is 130 g/mol. The maximum Gasteiger partial charge on any atom is 0.224 e. The molecule has 0 spiro atoms. The molecule has 0 aromatic heterocycles. The maximum absolute atomic E-state index is 10.5. The van der Waals surface area contributed by atoms with Crippen LogP contribution in [0.2, 0.25) is 0 Å². The first-order valence-corrected chi connectivity index (χ1v) is 3.07. The molecule has 3 heteroatoms. The average molecular weight is 139 g/mol. The zero-order valence-corrected chi connectivity index (χ0v) is 5.45. The van der Waals surface area contributed by atoms with Gasteiger partial charge >= 0.3 is 0 Å². The van der Waals surface area contributed by atoms with Gasteiger partial charge in [-0.3, -0.25) is 4.79 Å². The fourth-order valence-electron chi connectivity index (χ4n) is 0.820. The minimum atomic E-state index is -0.347. The number of nitrogens with two attached hydrogens (primary N) is 1. The summed E-state index contributed by atoms with van der Waals surface area (Å²) >= 11 is 0. The Morgan fingerprint density at radius 2 is 2.50 bits per heavy atom. The Hall–Kier alpha value is -1.25. The molecule has 1 aliphatic rings. The Morgan fingerprint density at radius 1 is 1.80 bits per heavy atom. The highest BCUT2D eigenvalue weighted by Crippen LogP contribution is 2.13. The minimum Gasteiger partial charge on any atom is -0.508 e. The van der Waals surface area contributed by atoms with Crippen LogP contribution >= 0.6 is 0 Å². The van der Waals surface area contributed by atoms with Crippen LogP contribution in [0, 0.1) is 5.92 Å². The molecular formula is C7H9NO2. The van der Waals surface area contributed by atoms with Crippen molar-refractivity contribution in [2.45, 2.75) is 6.42 Å². The van der Waals surface area contributed by atoms with E-state index in [1.54, 1.807) is 12.2 Å². The van der Waals surface area contributed by atoms with Crippen LogP contribution in [0.1, 0.15) is 6.42 Å². The second kappa shape index (κ2) is 2.56. The van der Waals surface area contributed by atoms with Gasteiger partial charge in [-0.25, -0.2) is 0 Å². The van der Waals surface area contributed by atoms with E-state index in [2.05, 4.69) is 0 Å². The van der Waals surface area contributed by atoms with Crippen LogP contribution in [-0.2, 0) is 4.79 Å². The Labute approximate surface area is 58.8 Å². The number of allylic oxidation sites excluding steroid dienone is 2. The molecule has 3 N–H and O–H groups in total. The summed E-state index contributed by atoms with van der Waals surface area (Å²) in [4.78, 5) is 10.5. The highest BCUT2D eigenvalue weighted by molar-refractivity contribution is 5.79. The van der Waals surface area contributed by atoms with E-state index in [4.69, 9.17) is 10.8 Å². The summed E-state index contributed by atoms with van der Waals surface area (Å²) in [5.74, 6) is -0.381. The van der Waals surface area contributed by atoms with Crippen LogP contribution in [-0.4, -0.2) is 11.0 Å². The maximum atomic E-state index is 10.5. The van der Waals surface area contributed by atoms with Gasteiger partial charge in [0, 0.05) is 0 Å². The fraction of sp³-hybridized carbons (Fsp3) is 0.286. The van der Waals surface area contributed by atoms with Gasteiger partial charge < -0.3 is 10.8 Å². The standard InChI is InChI=1S/C7H9NO2/c8-7(10)5-1-3-6(9)4-2-5/h1,3-5,9H,2H2,(H2,8,10). The van der Waals surface area contributed by atoms with Crippen molar-refractivity contribution >= 4 is 5.91 Å². The molecule has 10 heavy (non-hydrogen) atoms. The number of aliphatic hydroxyl groups excluding tert-OH is 1. The first kappa shape index (κ1) is 6.86. The summed E-state index contributed by atoms with van der Waals surface area (Å²) in [6.07, 6.45) is 5.18. The number of hydrogen-bond acceptors (Lipinski definition) is 2. The van der Waals surface area contributed by atoms with Crippen molar-refractivity contribution in [3.05, 3.63) is 24.0 Å². The molecule has 1 amide bonds. The van der Waals surface area contributed by atoms with Crippen LogP contribution in [0.5, 0.6) is 0 Å². The Morgan fingerprint density at radius 3 is 2.90 bits per heavy atom. The van der Waals surface area contributed by atoms with E-state index in [1.807, 2.05) is 0 Å². The molecule has 0 fully saturated rings. The summed E-state index contributed by atoms with van der Waals surface area (Å²) in [5, 5.41) is 8.83. The summed E-state index contributed by atoms with van der Waals surface area (Å²) in [7, 11) is 0. The van der Waals surface area contributed by atoms with E-state index < -0.39 is 0 Å². The van der Waals surface area contributed by atoms with E-state index in [0.717, 1.165) is 0 Å². The van der Waals surface area contributed by atoms with Crippen molar-refractivity contribution in [2.24, 2.45) is 11.7 Å². The van der Waals surface area contributed by atoms with Crippen LogP contribution in [0.15, 0.2) is 24.0 Å². The van der Waals surface area contributed by atoms with Gasteiger partial charge in [0.05, 0.1) is 5.92 Å². The first-order chi connectivity index (χ1) is 4.70. The molecule has 1 atom stereocenters. The third kappa shape index (κ3) is 1.37. The molecule has 0 bridgehead atoms. The van der Waals surface area contributed by atoms with Crippen molar-refractivity contribution in [1.29, 1.82) is 0 Å². The SMILES string of the molecule is NC(=O)C1C=CC(O)=CC1. The second-order valence-corrected chi connectivity index (χ2v) is 2.23. The van der Waals surface area contributed by atoms with Gasteiger partial charge in [-0.1, -0.05) is 6.08 Å². The first-order valence-electron chi connectivity index (χ1n) is 3.07. The van der Waals surface area contributed by atoms with Crippen LogP contribution in [0.25, 0.3) is 0 Å². The highest BCUT2D eigenvalue weighted by Gasteiger charge is 2.12.